The first-order valence-electron chi connectivity index (χ1n) is 8.99. The second kappa shape index (κ2) is 9.14. The van der Waals surface area contributed by atoms with Gasteiger partial charge in [-0.1, -0.05) is 18.2 Å². The zero-order valence-corrected chi connectivity index (χ0v) is 15.0. The number of carbonyl (C=O) groups is 2. The highest BCUT2D eigenvalue weighted by Crippen LogP contribution is 2.15. The van der Waals surface area contributed by atoms with Gasteiger partial charge in [0.1, 0.15) is 5.82 Å². The van der Waals surface area contributed by atoms with E-state index in [1.807, 2.05) is 18.2 Å². The molecule has 0 atom stereocenters. The molecule has 7 heteroatoms. The normalized spacial score (nSPS) is 14.6. The maximum absolute atomic E-state index is 12.9. The summed E-state index contributed by atoms with van der Waals surface area (Å²) >= 11 is 0. The summed E-state index contributed by atoms with van der Waals surface area (Å²) in [6.45, 7) is 4.27. The minimum absolute atomic E-state index is 0.254. The van der Waals surface area contributed by atoms with Crippen LogP contribution in [-0.4, -0.2) is 49.4 Å². The van der Waals surface area contributed by atoms with Crippen molar-refractivity contribution in [2.75, 3.05) is 37.6 Å². The molecular formula is C20H23FN4O2. The second-order valence-electron chi connectivity index (χ2n) is 6.42. The van der Waals surface area contributed by atoms with Crippen LogP contribution in [-0.2, 0) is 4.79 Å². The molecule has 6 nitrogen and oxygen atoms in total. The Morgan fingerprint density at radius 1 is 0.889 bits per heavy atom. The maximum Gasteiger partial charge on any atom is 0.269 e. The predicted molar refractivity (Wildman–Crippen MR) is 102 cm³/mol. The van der Waals surface area contributed by atoms with Crippen molar-refractivity contribution in [3.8, 4) is 0 Å². The van der Waals surface area contributed by atoms with Crippen LogP contribution in [0.1, 0.15) is 16.8 Å². The van der Waals surface area contributed by atoms with Gasteiger partial charge in [-0.05, 0) is 36.4 Å². The largest absolute Gasteiger partial charge is 0.369 e. The summed E-state index contributed by atoms with van der Waals surface area (Å²) in [5.41, 5.74) is 6.25. The molecule has 0 saturated carbocycles. The summed E-state index contributed by atoms with van der Waals surface area (Å²) in [5, 5.41) is 0. The first-order valence-corrected chi connectivity index (χ1v) is 8.99. The molecule has 142 valence electrons. The van der Waals surface area contributed by atoms with Gasteiger partial charge in [-0.2, -0.15) is 0 Å². The van der Waals surface area contributed by atoms with E-state index < -0.39 is 11.7 Å². The Morgan fingerprint density at radius 2 is 1.56 bits per heavy atom. The van der Waals surface area contributed by atoms with Crippen molar-refractivity contribution in [3.63, 3.8) is 0 Å². The molecule has 3 rings (SSSR count). The fraction of sp³-hybridized carbons (Fsp3) is 0.300. The Morgan fingerprint density at radius 3 is 2.22 bits per heavy atom. The molecular weight excluding hydrogens is 347 g/mol. The molecule has 2 N–H and O–H groups in total. The third-order valence-corrected chi connectivity index (χ3v) is 4.57. The lowest BCUT2D eigenvalue weighted by Gasteiger charge is -2.36. The number of hydrazine groups is 1. The minimum atomic E-state index is -0.472. The van der Waals surface area contributed by atoms with Crippen LogP contribution in [0.3, 0.4) is 0 Å². The Labute approximate surface area is 157 Å². The number of nitrogens with one attached hydrogen (secondary N) is 2. The molecule has 2 aromatic carbocycles. The number of piperazine rings is 1. The monoisotopic (exact) mass is 370 g/mol. The van der Waals surface area contributed by atoms with Crippen molar-refractivity contribution < 1.29 is 14.0 Å². The number of hydrogen-bond donors (Lipinski definition) is 2. The molecule has 1 heterocycles. The van der Waals surface area contributed by atoms with E-state index in [1.165, 1.54) is 30.0 Å². The summed E-state index contributed by atoms with van der Waals surface area (Å²) in [6.07, 6.45) is 0.301. The number of hydrogen-bond acceptors (Lipinski definition) is 4. The van der Waals surface area contributed by atoms with Gasteiger partial charge >= 0.3 is 0 Å². The molecule has 0 spiro atoms. The SMILES string of the molecule is O=C(CCN1CCN(c2ccccc2)CC1)NNC(=O)c1ccc(F)cc1. The highest BCUT2D eigenvalue weighted by Gasteiger charge is 2.17. The van der Waals surface area contributed by atoms with E-state index >= 15 is 0 Å². The molecule has 1 aliphatic heterocycles. The van der Waals surface area contributed by atoms with E-state index in [1.54, 1.807) is 0 Å². The van der Waals surface area contributed by atoms with Crippen molar-refractivity contribution in [1.29, 1.82) is 0 Å². The lowest BCUT2D eigenvalue weighted by Crippen LogP contribution is -2.48. The van der Waals surface area contributed by atoms with Gasteiger partial charge in [0.2, 0.25) is 5.91 Å². The smallest absolute Gasteiger partial charge is 0.269 e. The first kappa shape index (κ1) is 18.8. The lowest BCUT2D eigenvalue weighted by molar-refractivity contribution is -0.122. The topological polar surface area (TPSA) is 64.7 Å². The molecule has 27 heavy (non-hydrogen) atoms. The van der Waals surface area contributed by atoms with Crippen LogP contribution in [0.15, 0.2) is 54.6 Å². The van der Waals surface area contributed by atoms with Crippen LogP contribution < -0.4 is 15.8 Å². The standard InChI is InChI=1S/C20H23FN4O2/c21-17-8-6-16(7-9-17)20(27)23-22-19(26)10-11-24-12-14-25(15-13-24)18-4-2-1-3-5-18/h1-9H,10-15H2,(H,22,26)(H,23,27). The Hall–Kier alpha value is -2.93. The van der Waals surface area contributed by atoms with Crippen LogP contribution in [0.2, 0.25) is 0 Å². The van der Waals surface area contributed by atoms with E-state index in [0.29, 0.717) is 13.0 Å². The molecule has 0 aliphatic carbocycles. The fourth-order valence-electron chi connectivity index (χ4n) is 2.99. The molecule has 1 fully saturated rings. The maximum atomic E-state index is 12.9. The summed E-state index contributed by atoms with van der Waals surface area (Å²) in [7, 11) is 0. The molecule has 0 unspecified atom stereocenters. The minimum Gasteiger partial charge on any atom is -0.369 e. The lowest BCUT2D eigenvalue weighted by atomic mass is 10.2. The van der Waals surface area contributed by atoms with Gasteiger partial charge in [0.25, 0.3) is 5.91 Å². The first-order chi connectivity index (χ1) is 13.1. The molecule has 1 saturated heterocycles. The highest BCUT2D eigenvalue weighted by molar-refractivity contribution is 5.95. The van der Waals surface area contributed by atoms with Crippen molar-refractivity contribution in [1.82, 2.24) is 15.8 Å². The fourth-order valence-corrected chi connectivity index (χ4v) is 2.99. The summed E-state index contributed by atoms with van der Waals surface area (Å²) < 4.78 is 12.9. The average Bonchev–Trinajstić information content (AvgIpc) is 2.72. The number of carbonyl (C=O) groups excluding carboxylic acids is 2. The van der Waals surface area contributed by atoms with Gasteiger partial charge in [-0.3, -0.25) is 25.3 Å². The van der Waals surface area contributed by atoms with Crippen LogP contribution >= 0.6 is 0 Å². The molecule has 0 aromatic heterocycles. The van der Waals surface area contributed by atoms with Crippen molar-refractivity contribution in [2.24, 2.45) is 0 Å². The van der Waals surface area contributed by atoms with Crippen molar-refractivity contribution >= 4 is 17.5 Å². The number of rotatable bonds is 5. The molecule has 1 aliphatic rings. The molecule has 0 bridgehead atoms. The van der Waals surface area contributed by atoms with Gasteiger partial charge in [0.15, 0.2) is 0 Å². The molecule has 2 amide bonds. The van der Waals surface area contributed by atoms with Crippen LogP contribution in [0.4, 0.5) is 10.1 Å². The highest BCUT2D eigenvalue weighted by atomic mass is 19.1. The van der Waals surface area contributed by atoms with E-state index in [9.17, 15) is 14.0 Å². The van der Waals surface area contributed by atoms with Gasteiger partial charge < -0.3 is 4.90 Å². The number of para-hydroxylation sites is 1. The summed E-state index contributed by atoms with van der Waals surface area (Å²) in [5.74, 6) is -1.14. The Balaban J connectivity index is 1.35. The Kier molecular flexibility index (Phi) is 6.38. The van der Waals surface area contributed by atoms with Crippen molar-refractivity contribution in [3.05, 3.63) is 66.0 Å². The van der Waals surface area contributed by atoms with Gasteiger partial charge in [-0.15, -0.1) is 0 Å². The zero-order chi connectivity index (χ0) is 19.1. The van der Waals surface area contributed by atoms with Gasteiger partial charge in [-0.25, -0.2) is 4.39 Å². The zero-order valence-electron chi connectivity index (χ0n) is 15.0. The number of benzene rings is 2. The molecule has 2 aromatic rings. The van der Waals surface area contributed by atoms with Crippen molar-refractivity contribution in [2.45, 2.75) is 6.42 Å². The number of amides is 2. The number of anilines is 1. The van der Waals surface area contributed by atoms with E-state index in [2.05, 4.69) is 32.8 Å². The molecule has 0 radical (unpaired) electrons. The van der Waals surface area contributed by atoms with E-state index in [0.717, 1.165) is 26.2 Å². The summed E-state index contributed by atoms with van der Waals surface area (Å²) in [4.78, 5) is 28.4. The van der Waals surface area contributed by atoms with Gasteiger partial charge in [0.05, 0.1) is 0 Å². The Bertz CT molecular complexity index is 759. The summed E-state index contributed by atoms with van der Waals surface area (Å²) in [6, 6.07) is 15.4. The average molecular weight is 370 g/mol. The third-order valence-electron chi connectivity index (χ3n) is 4.57. The number of halogens is 1. The van der Waals surface area contributed by atoms with E-state index in [4.69, 9.17) is 0 Å². The van der Waals surface area contributed by atoms with Crippen LogP contribution in [0.5, 0.6) is 0 Å². The van der Waals surface area contributed by atoms with E-state index in [-0.39, 0.29) is 11.5 Å². The second-order valence-corrected chi connectivity index (χ2v) is 6.42. The van der Waals surface area contributed by atoms with Crippen LogP contribution in [0.25, 0.3) is 0 Å². The van der Waals surface area contributed by atoms with Gasteiger partial charge in [0, 0.05) is 50.4 Å². The van der Waals surface area contributed by atoms with Crippen LogP contribution in [0, 0.1) is 5.82 Å². The quantitative estimate of drug-likeness (QED) is 0.788. The number of nitrogens with zero attached hydrogens (tertiary/aromatic N) is 2. The third kappa shape index (κ3) is 5.52. The predicted octanol–water partition coefficient (Wildman–Crippen LogP) is 1.80.